The van der Waals surface area contributed by atoms with Crippen LogP contribution in [0.25, 0.3) is 0 Å². The van der Waals surface area contributed by atoms with E-state index in [4.69, 9.17) is 5.84 Å². The van der Waals surface area contributed by atoms with Gasteiger partial charge in [0.05, 0.1) is 0 Å². The molecule has 0 aliphatic rings. The molecule has 6 nitrogen and oxygen atoms in total. The fourth-order valence-electron chi connectivity index (χ4n) is 1.61. The molecule has 0 saturated heterocycles. The molecule has 0 unspecified atom stereocenters. The second-order valence-corrected chi connectivity index (χ2v) is 4.06. The first-order valence-corrected chi connectivity index (χ1v) is 5.81. The SMILES string of the molecule is Cc1ccncc1CNC(=O)c1ccnc(NN)c1. The molecule has 1 amide bonds. The van der Waals surface area contributed by atoms with Crippen LogP contribution in [0.5, 0.6) is 0 Å². The second kappa shape index (κ2) is 5.92. The summed E-state index contributed by atoms with van der Waals surface area (Å²) in [6.07, 6.45) is 5.00. The van der Waals surface area contributed by atoms with E-state index in [0.717, 1.165) is 11.1 Å². The lowest BCUT2D eigenvalue weighted by atomic mass is 10.1. The van der Waals surface area contributed by atoms with E-state index >= 15 is 0 Å². The van der Waals surface area contributed by atoms with Crippen molar-refractivity contribution in [2.45, 2.75) is 13.5 Å². The predicted octanol–water partition coefficient (Wildman–Crippen LogP) is 1.00. The van der Waals surface area contributed by atoms with Gasteiger partial charge in [0.2, 0.25) is 0 Å². The molecule has 0 radical (unpaired) electrons. The van der Waals surface area contributed by atoms with Gasteiger partial charge < -0.3 is 10.7 Å². The van der Waals surface area contributed by atoms with Gasteiger partial charge in [0.15, 0.2) is 0 Å². The van der Waals surface area contributed by atoms with Crippen molar-refractivity contribution in [1.82, 2.24) is 15.3 Å². The molecule has 0 aromatic carbocycles. The number of anilines is 1. The van der Waals surface area contributed by atoms with Gasteiger partial charge in [0.1, 0.15) is 5.82 Å². The van der Waals surface area contributed by atoms with Gasteiger partial charge in [-0.1, -0.05) is 0 Å². The highest BCUT2D eigenvalue weighted by molar-refractivity contribution is 5.94. The van der Waals surface area contributed by atoms with Crippen molar-refractivity contribution in [3.8, 4) is 0 Å². The van der Waals surface area contributed by atoms with E-state index in [9.17, 15) is 4.79 Å². The zero-order chi connectivity index (χ0) is 13.7. The number of hydrogen-bond donors (Lipinski definition) is 3. The predicted molar refractivity (Wildman–Crippen MR) is 72.2 cm³/mol. The third-order valence-corrected chi connectivity index (χ3v) is 2.76. The summed E-state index contributed by atoms with van der Waals surface area (Å²) in [4.78, 5) is 20.0. The van der Waals surface area contributed by atoms with E-state index in [1.807, 2.05) is 13.0 Å². The molecular weight excluding hydrogens is 242 g/mol. The number of carbonyl (C=O) groups excluding carboxylic acids is 1. The Bertz CT molecular complexity index is 585. The van der Waals surface area contributed by atoms with Crippen molar-refractivity contribution < 1.29 is 4.79 Å². The highest BCUT2D eigenvalue weighted by atomic mass is 16.1. The summed E-state index contributed by atoms with van der Waals surface area (Å²) in [6, 6.07) is 5.13. The van der Waals surface area contributed by atoms with Crippen LogP contribution in [0, 0.1) is 6.92 Å². The standard InChI is InChI=1S/C13H15N5O/c1-9-2-4-15-7-11(9)8-17-13(19)10-3-5-16-12(6-10)18-14/h2-7H,8,14H2,1H3,(H,16,18)(H,17,19). The summed E-state index contributed by atoms with van der Waals surface area (Å²) in [5.41, 5.74) is 4.99. The lowest BCUT2D eigenvalue weighted by Gasteiger charge is -2.08. The smallest absolute Gasteiger partial charge is 0.251 e. The third-order valence-electron chi connectivity index (χ3n) is 2.76. The van der Waals surface area contributed by atoms with Crippen molar-refractivity contribution in [3.63, 3.8) is 0 Å². The van der Waals surface area contributed by atoms with Crippen LogP contribution in [0.15, 0.2) is 36.8 Å². The Morgan fingerprint density at radius 3 is 2.95 bits per heavy atom. The molecular formula is C13H15N5O. The van der Waals surface area contributed by atoms with E-state index in [-0.39, 0.29) is 5.91 Å². The maximum Gasteiger partial charge on any atom is 0.251 e. The van der Waals surface area contributed by atoms with Crippen LogP contribution < -0.4 is 16.6 Å². The first kappa shape index (κ1) is 13.0. The largest absolute Gasteiger partial charge is 0.348 e. The van der Waals surface area contributed by atoms with Gasteiger partial charge in [-0.15, -0.1) is 0 Å². The van der Waals surface area contributed by atoms with Crippen LogP contribution in [0.1, 0.15) is 21.5 Å². The topological polar surface area (TPSA) is 92.9 Å². The van der Waals surface area contributed by atoms with Gasteiger partial charge >= 0.3 is 0 Å². The lowest BCUT2D eigenvalue weighted by molar-refractivity contribution is 0.0951. The summed E-state index contributed by atoms with van der Waals surface area (Å²) in [5.74, 6) is 5.52. The summed E-state index contributed by atoms with van der Waals surface area (Å²) < 4.78 is 0. The molecule has 0 aliphatic carbocycles. The van der Waals surface area contributed by atoms with Crippen LogP contribution in [-0.2, 0) is 6.54 Å². The summed E-state index contributed by atoms with van der Waals surface area (Å²) in [6.45, 7) is 2.41. The van der Waals surface area contributed by atoms with Gasteiger partial charge in [-0.25, -0.2) is 10.8 Å². The van der Waals surface area contributed by atoms with Crippen molar-refractivity contribution in [2.24, 2.45) is 5.84 Å². The number of nitrogens with one attached hydrogen (secondary N) is 2. The average Bonchev–Trinajstić information content (AvgIpc) is 2.46. The number of pyridine rings is 2. The molecule has 2 heterocycles. The molecule has 2 aromatic rings. The summed E-state index contributed by atoms with van der Waals surface area (Å²) >= 11 is 0. The minimum Gasteiger partial charge on any atom is -0.348 e. The van der Waals surface area contributed by atoms with Gasteiger partial charge in [0.25, 0.3) is 5.91 Å². The summed E-state index contributed by atoms with van der Waals surface area (Å²) in [5, 5.41) is 2.83. The van der Waals surface area contributed by atoms with E-state index in [1.165, 1.54) is 6.20 Å². The zero-order valence-electron chi connectivity index (χ0n) is 10.6. The number of nitrogens with two attached hydrogens (primary N) is 1. The van der Waals surface area contributed by atoms with E-state index < -0.39 is 0 Å². The minimum absolute atomic E-state index is 0.179. The molecule has 2 rings (SSSR count). The second-order valence-electron chi connectivity index (χ2n) is 4.06. The molecule has 2 aromatic heterocycles. The Kier molecular flexibility index (Phi) is 4.04. The van der Waals surface area contributed by atoms with Crippen molar-refractivity contribution in [1.29, 1.82) is 0 Å². The van der Waals surface area contributed by atoms with E-state index in [0.29, 0.717) is 17.9 Å². The number of rotatable bonds is 4. The van der Waals surface area contributed by atoms with Crippen LogP contribution in [0.2, 0.25) is 0 Å². The number of hydrazine groups is 1. The molecule has 0 spiro atoms. The summed E-state index contributed by atoms with van der Waals surface area (Å²) in [7, 11) is 0. The Morgan fingerprint density at radius 2 is 2.21 bits per heavy atom. The van der Waals surface area contributed by atoms with Gasteiger partial charge in [-0.05, 0) is 36.2 Å². The maximum atomic E-state index is 12.0. The molecule has 0 atom stereocenters. The number of carbonyl (C=O) groups is 1. The molecule has 19 heavy (non-hydrogen) atoms. The van der Waals surface area contributed by atoms with Crippen molar-refractivity contribution in [3.05, 3.63) is 53.5 Å². The normalized spacial score (nSPS) is 10.0. The Labute approximate surface area is 111 Å². The number of nitrogen functional groups attached to an aromatic ring is 1. The Hall–Kier alpha value is -2.47. The first-order chi connectivity index (χ1) is 9.20. The van der Waals surface area contributed by atoms with E-state index in [2.05, 4.69) is 20.7 Å². The molecule has 98 valence electrons. The molecule has 0 aliphatic heterocycles. The van der Waals surface area contributed by atoms with Crippen LogP contribution in [-0.4, -0.2) is 15.9 Å². The molecule has 4 N–H and O–H groups in total. The Balaban J connectivity index is 2.03. The van der Waals surface area contributed by atoms with Crippen LogP contribution in [0.3, 0.4) is 0 Å². The molecule has 6 heteroatoms. The minimum atomic E-state index is -0.179. The van der Waals surface area contributed by atoms with Crippen molar-refractivity contribution in [2.75, 3.05) is 5.43 Å². The highest BCUT2D eigenvalue weighted by Crippen LogP contribution is 2.07. The van der Waals surface area contributed by atoms with Crippen molar-refractivity contribution >= 4 is 11.7 Å². The quantitative estimate of drug-likeness (QED) is 0.561. The maximum absolute atomic E-state index is 12.0. The van der Waals surface area contributed by atoms with Gasteiger partial charge in [-0.2, -0.15) is 0 Å². The van der Waals surface area contributed by atoms with Gasteiger partial charge in [0, 0.05) is 30.7 Å². The zero-order valence-corrected chi connectivity index (χ0v) is 10.6. The number of aryl methyl sites for hydroxylation is 1. The lowest BCUT2D eigenvalue weighted by Crippen LogP contribution is -2.23. The molecule has 0 fully saturated rings. The van der Waals surface area contributed by atoms with Crippen LogP contribution in [0.4, 0.5) is 5.82 Å². The fraction of sp³-hybridized carbons (Fsp3) is 0.154. The number of amides is 1. The first-order valence-electron chi connectivity index (χ1n) is 5.81. The van der Waals surface area contributed by atoms with E-state index in [1.54, 1.807) is 24.5 Å². The number of nitrogens with zero attached hydrogens (tertiary/aromatic N) is 2. The highest BCUT2D eigenvalue weighted by Gasteiger charge is 2.07. The fourth-order valence-corrected chi connectivity index (χ4v) is 1.61. The molecule has 0 saturated carbocycles. The number of aromatic nitrogens is 2. The Morgan fingerprint density at radius 1 is 1.37 bits per heavy atom. The average molecular weight is 257 g/mol. The van der Waals surface area contributed by atoms with Crippen LogP contribution >= 0.6 is 0 Å². The monoisotopic (exact) mass is 257 g/mol. The number of hydrogen-bond acceptors (Lipinski definition) is 5. The van der Waals surface area contributed by atoms with Gasteiger partial charge in [-0.3, -0.25) is 9.78 Å². The molecule has 0 bridgehead atoms. The third kappa shape index (κ3) is 3.26.